The summed E-state index contributed by atoms with van der Waals surface area (Å²) < 4.78 is 35.1. The van der Waals surface area contributed by atoms with E-state index in [1.165, 1.54) is 14.2 Å². The molecule has 7 heteroatoms. The number of carbonyl (C=O) groups is 1. The Bertz CT molecular complexity index is 423. The second kappa shape index (κ2) is 5.42. The Balaban J connectivity index is 3.38. The van der Waals surface area contributed by atoms with Gasteiger partial charge in [0, 0.05) is 5.56 Å². The van der Waals surface area contributed by atoms with Gasteiger partial charge in [-0.15, -0.1) is 0 Å². The maximum atomic E-state index is 12.7. The number of carboxylic acid groups (broad SMARTS) is 1. The molecule has 0 radical (unpaired) electrons. The summed E-state index contributed by atoms with van der Waals surface area (Å²) in [5.74, 6) is -1.16. The highest BCUT2D eigenvalue weighted by Crippen LogP contribution is 2.35. The molecule has 0 saturated carbocycles. The van der Waals surface area contributed by atoms with Gasteiger partial charge in [0.2, 0.25) is 0 Å². The highest BCUT2D eigenvalue weighted by Gasteiger charge is 2.23. The van der Waals surface area contributed by atoms with Crippen molar-refractivity contribution in [1.29, 1.82) is 0 Å². The van der Waals surface area contributed by atoms with Crippen LogP contribution in [0.5, 0.6) is 11.5 Å². The number of ether oxygens (including phenoxy) is 2. The number of pyridine rings is 1. The Morgan fingerprint density at radius 1 is 1.47 bits per heavy atom. The third kappa shape index (κ3) is 2.80. The van der Waals surface area contributed by atoms with Gasteiger partial charge in [-0.05, 0) is 0 Å². The summed E-state index contributed by atoms with van der Waals surface area (Å²) in [5.41, 5.74) is -0.778. The molecular weight excluding hydrogens is 236 g/mol. The molecule has 1 heterocycles. The van der Waals surface area contributed by atoms with Gasteiger partial charge in [-0.2, -0.15) is 0 Å². The fourth-order valence-electron chi connectivity index (χ4n) is 1.41. The van der Waals surface area contributed by atoms with E-state index < -0.39 is 24.5 Å². The van der Waals surface area contributed by atoms with Crippen LogP contribution in [0.2, 0.25) is 0 Å². The summed E-state index contributed by atoms with van der Waals surface area (Å²) in [4.78, 5) is 14.1. The van der Waals surface area contributed by atoms with Crippen molar-refractivity contribution in [3.05, 3.63) is 17.5 Å². The van der Waals surface area contributed by atoms with Crippen LogP contribution in [0.1, 0.15) is 17.7 Å². The lowest BCUT2D eigenvalue weighted by atomic mass is 10.1. The van der Waals surface area contributed by atoms with Gasteiger partial charge < -0.3 is 14.6 Å². The molecule has 0 saturated heterocycles. The van der Waals surface area contributed by atoms with Crippen molar-refractivity contribution in [3.63, 3.8) is 0 Å². The van der Waals surface area contributed by atoms with Gasteiger partial charge >= 0.3 is 5.97 Å². The average molecular weight is 247 g/mol. The molecule has 1 aromatic rings. The second-order valence-electron chi connectivity index (χ2n) is 3.09. The minimum atomic E-state index is -2.87. The molecule has 5 nitrogen and oxygen atoms in total. The molecule has 0 aliphatic carbocycles. The lowest BCUT2D eigenvalue weighted by Crippen LogP contribution is -2.09. The van der Waals surface area contributed by atoms with E-state index in [0.717, 1.165) is 6.20 Å². The summed E-state index contributed by atoms with van der Waals surface area (Å²) in [7, 11) is 2.56. The highest BCUT2D eigenvalue weighted by molar-refractivity contribution is 5.72. The van der Waals surface area contributed by atoms with E-state index in [9.17, 15) is 13.6 Å². The summed E-state index contributed by atoms with van der Waals surface area (Å²) in [6.45, 7) is 0. The maximum absolute atomic E-state index is 12.7. The average Bonchev–Trinajstić information content (AvgIpc) is 2.27. The third-order valence-corrected chi connectivity index (χ3v) is 2.09. The van der Waals surface area contributed by atoms with Gasteiger partial charge in [-0.1, -0.05) is 0 Å². The molecule has 0 amide bonds. The molecular formula is C10H11F2NO4. The largest absolute Gasteiger partial charge is 0.492 e. The van der Waals surface area contributed by atoms with Gasteiger partial charge in [0.05, 0.1) is 26.8 Å². The van der Waals surface area contributed by atoms with Gasteiger partial charge in [-0.25, -0.2) is 8.78 Å². The zero-order valence-electron chi connectivity index (χ0n) is 9.24. The predicted molar refractivity (Wildman–Crippen MR) is 53.6 cm³/mol. The van der Waals surface area contributed by atoms with Crippen molar-refractivity contribution in [1.82, 2.24) is 4.98 Å². The van der Waals surface area contributed by atoms with Gasteiger partial charge in [0.1, 0.15) is 5.69 Å². The minimum Gasteiger partial charge on any atom is -0.492 e. The fourth-order valence-corrected chi connectivity index (χ4v) is 1.41. The Morgan fingerprint density at radius 3 is 2.53 bits per heavy atom. The molecule has 0 atom stereocenters. The molecule has 1 rings (SSSR count). The number of aromatic nitrogens is 1. The van der Waals surface area contributed by atoms with Crippen molar-refractivity contribution in [3.8, 4) is 11.5 Å². The van der Waals surface area contributed by atoms with E-state index in [4.69, 9.17) is 14.6 Å². The SMILES string of the molecule is COc1cnc(C(F)F)c(CC(=O)O)c1OC. The third-order valence-electron chi connectivity index (χ3n) is 2.09. The minimum absolute atomic E-state index is 0.0276. The molecule has 0 aliphatic heterocycles. The Morgan fingerprint density at radius 2 is 2.12 bits per heavy atom. The van der Waals surface area contributed by atoms with E-state index in [1.807, 2.05) is 0 Å². The topological polar surface area (TPSA) is 68.7 Å². The zero-order chi connectivity index (χ0) is 13.0. The van der Waals surface area contributed by atoms with Crippen LogP contribution in [-0.2, 0) is 11.2 Å². The van der Waals surface area contributed by atoms with Crippen LogP contribution in [0.15, 0.2) is 6.20 Å². The first kappa shape index (κ1) is 13.1. The van der Waals surface area contributed by atoms with Crippen LogP contribution >= 0.6 is 0 Å². The number of hydrogen-bond acceptors (Lipinski definition) is 4. The fraction of sp³-hybridized carbons (Fsp3) is 0.400. The molecule has 94 valence electrons. The number of nitrogens with zero attached hydrogens (tertiary/aromatic N) is 1. The first-order chi connectivity index (χ1) is 8.01. The molecule has 0 unspecified atom stereocenters. The molecule has 0 aromatic carbocycles. The van der Waals surface area contributed by atoms with Crippen LogP contribution in [0.25, 0.3) is 0 Å². The number of methoxy groups -OCH3 is 2. The van der Waals surface area contributed by atoms with Gasteiger partial charge in [-0.3, -0.25) is 9.78 Å². The number of aliphatic carboxylic acids is 1. The number of alkyl halides is 2. The number of halogens is 2. The van der Waals surface area contributed by atoms with Crippen LogP contribution in [0.3, 0.4) is 0 Å². The Kier molecular flexibility index (Phi) is 4.19. The zero-order valence-corrected chi connectivity index (χ0v) is 9.24. The molecule has 0 fully saturated rings. The highest BCUT2D eigenvalue weighted by atomic mass is 19.3. The van der Waals surface area contributed by atoms with Crippen LogP contribution in [0.4, 0.5) is 8.78 Å². The monoisotopic (exact) mass is 247 g/mol. The lowest BCUT2D eigenvalue weighted by molar-refractivity contribution is -0.136. The number of rotatable bonds is 5. The summed E-state index contributed by atoms with van der Waals surface area (Å²) in [6.07, 6.45) is -2.40. The second-order valence-corrected chi connectivity index (χ2v) is 3.09. The molecule has 1 N–H and O–H groups in total. The van der Waals surface area contributed by atoms with Crippen LogP contribution in [-0.4, -0.2) is 30.3 Å². The molecule has 0 spiro atoms. The smallest absolute Gasteiger partial charge is 0.308 e. The van der Waals surface area contributed by atoms with Crippen molar-refractivity contribution >= 4 is 5.97 Å². The molecule has 0 aliphatic rings. The van der Waals surface area contributed by atoms with Crippen molar-refractivity contribution in [2.75, 3.05) is 14.2 Å². The van der Waals surface area contributed by atoms with Gasteiger partial charge in [0.15, 0.2) is 11.5 Å². The summed E-state index contributed by atoms with van der Waals surface area (Å²) in [5, 5.41) is 8.69. The van der Waals surface area contributed by atoms with E-state index in [2.05, 4.69) is 4.98 Å². The Labute approximate surface area is 96.0 Å². The first-order valence-corrected chi connectivity index (χ1v) is 4.61. The molecule has 17 heavy (non-hydrogen) atoms. The van der Waals surface area contributed by atoms with Crippen molar-refractivity contribution in [2.24, 2.45) is 0 Å². The van der Waals surface area contributed by atoms with E-state index in [-0.39, 0.29) is 17.1 Å². The van der Waals surface area contributed by atoms with Crippen LogP contribution < -0.4 is 9.47 Å². The quantitative estimate of drug-likeness (QED) is 0.857. The van der Waals surface area contributed by atoms with E-state index in [1.54, 1.807) is 0 Å². The van der Waals surface area contributed by atoms with Crippen LogP contribution in [0, 0.1) is 0 Å². The number of carboxylic acids is 1. The van der Waals surface area contributed by atoms with Gasteiger partial charge in [0.25, 0.3) is 6.43 Å². The summed E-state index contributed by atoms with van der Waals surface area (Å²) in [6, 6.07) is 0. The first-order valence-electron chi connectivity index (χ1n) is 4.61. The van der Waals surface area contributed by atoms with Crippen molar-refractivity contribution in [2.45, 2.75) is 12.8 Å². The standard InChI is InChI=1S/C10H11F2NO4/c1-16-6-4-13-8(10(11)12)5(3-7(14)15)9(6)17-2/h4,10H,3H2,1-2H3,(H,14,15). The van der Waals surface area contributed by atoms with E-state index >= 15 is 0 Å². The van der Waals surface area contributed by atoms with Crippen molar-refractivity contribution < 1.29 is 28.2 Å². The molecule has 0 bridgehead atoms. The predicted octanol–water partition coefficient (Wildman–Crippen LogP) is 1.66. The lowest BCUT2D eigenvalue weighted by Gasteiger charge is -2.14. The Hall–Kier alpha value is -1.92. The number of hydrogen-bond donors (Lipinski definition) is 1. The normalized spacial score (nSPS) is 10.4. The van der Waals surface area contributed by atoms with E-state index in [0.29, 0.717) is 0 Å². The molecule has 1 aromatic heterocycles. The maximum Gasteiger partial charge on any atom is 0.308 e. The summed E-state index contributed by atoms with van der Waals surface area (Å²) >= 11 is 0.